The van der Waals surface area contributed by atoms with Crippen molar-refractivity contribution in [2.24, 2.45) is 0 Å². The molecule has 0 saturated carbocycles. The number of piperidine rings is 1. The SMILES string of the molecule is O=C1Nc2cc(Cl)cc(Cl)c2OC1=C1CCNCC1. The lowest BCUT2D eigenvalue weighted by Crippen LogP contribution is -2.30. The monoisotopic (exact) mass is 298 g/mol. The second-order valence-electron chi connectivity index (χ2n) is 4.50. The Hall–Kier alpha value is -1.23. The smallest absolute Gasteiger partial charge is 0.291 e. The molecule has 0 unspecified atom stereocenters. The zero-order valence-corrected chi connectivity index (χ0v) is 11.6. The molecule has 4 nitrogen and oxygen atoms in total. The Kier molecular flexibility index (Phi) is 3.39. The molecular formula is C13H12Cl2N2O2. The predicted octanol–water partition coefficient (Wildman–Crippen LogP) is 2.96. The normalized spacial score (nSPS) is 18.7. The van der Waals surface area contributed by atoms with Gasteiger partial charge in [0.05, 0.1) is 10.7 Å². The minimum Gasteiger partial charge on any atom is -0.448 e. The molecule has 1 aromatic rings. The van der Waals surface area contributed by atoms with E-state index in [9.17, 15) is 4.79 Å². The molecule has 1 aromatic carbocycles. The Labute approximate surface area is 120 Å². The predicted molar refractivity (Wildman–Crippen MR) is 74.8 cm³/mol. The van der Waals surface area contributed by atoms with Crippen molar-refractivity contribution in [3.63, 3.8) is 0 Å². The van der Waals surface area contributed by atoms with E-state index in [-0.39, 0.29) is 5.91 Å². The fraction of sp³-hybridized carbons (Fsp3) is 0.308. The number of nitrogens with one attached hydrogen (secondary N) is 2. The molecule has 0 aromatic heterocycles. The first-order valence-corrected chi connectivity index (χ1v) is 6.82. The fourth-order valence-corrected chi connectivity index (χ4v) is 2.80. The van der Waals surface area contributed by atoms with Crippen LogP contribution in [0, 0.1) is 0 Å². The first-order valence-electron chi connectivity index (χ1n) is 6.06. The quantitative estimate of drug-likeness (QED) is 0.724. The van der Waals surface area contributed by atoms with E-state index in [1.54, 1.807) is 12.1 Å². The van der Waals surface area contributed by atoms with Crippen molar-refractivity contribution >= 4 is 34.8 Å². The van der Waals surface area contributed by atoms with Crippen LogP contribution in [0.2, 0.25) is 10.0 Å². The molecule has 0 bridgehead atoms. The van der Waals surface area contributed by atoms with Crippen LogP contribution >= 0.6 is 23.2 Å². The van der Waals surface area contributed by atoms with Crippen molar-refractivity contribution in [1.29, 1.82) is 0 Å². The van der Waals surface area contributed by atoms with Crippen LogP contribution in [0.4, 0.5) is 5.69 Å². The highest BCUT2D eigenvalue weighted by atomic mass is 35.5. The molecule has 0 spiro atoms. The minimum atomic E-state index is -0.234. The van der Waals surface area contributed by atoms with E-state index in [1.165, 1.54) is 0 Å². The number of halogens is 2. The average molecular weight is 299 g/mol. The molecular weight excluding hydrogens is 287 g/mol. The van der Waals surface area contributed by atoms with E-state index in [2.05, 4.69) is 10.6 Å². The number of hydrogen-bond acceptors (Lipinski definition) is 3. The van der Waals surface area contributed by atoms with Crippen LogP contribution in [0.3, 0.4) is 0 Å². The zero-order chi connectivity index (χ0) is 13.4. The van der Waals surface area contributed by atoms with Crippen molar-refractivity contribution < 1.29 is 9.53 Å². The standard InChI is InChI=1S/C13H12Cl2N2O2/c14-8-5-9(15)12-10(6-8)17-13(18)11(19-12)7-1-3-16-4-2-7/h5-6,16H,1-4H2,(H,17,18). The maximum absolute atomic E-state index is 12.1. The Morgan fingerprint density at radius 3 is 2.63 bits per heavy atom. The third kappa shape index (κ3) is 2.43. The van der Waals surface area contributed by atoms with Gasteiger partial charge in [-0.3, -0.25) is 4.79 Å². The van der Waals surface area contributed by atoms with E-state index in [0.717, 1.165) is 31.5 Å². The van der Waals surface area contributed by atoms with E-state index in [4.69, 9.17) is 27.9 Å². The fourth-order valence-electron chi connectivity index (χ4n) is 2.27. The topological polar surface area (TPSA) is 50.4 Å². The number of hydrogen-bond donors (Lipinski definition) is 2. The van der Waals surface area contributed by atoms with Gasteiger partial charge in [0.25, 0.3) is 5.91 Å². The van der Waals surface area contributed by atoms with Crippen LogP contribution in [0.5, 0.6) is 5.75 Å². The number of ether oxygens (including phenoxy) is 1. The van der Waals surface area contributed by atoms with Gasteiger partial charge in [-0.1, -0.05) is 23.2 Å². The van der Waals surface area contributed by atoms with Gasteiger partial charge >= 0.3 is 0 Å². The summed E-state index contributed by atoms with van der Waals surface area (Å²) in [6, 6.07) is 3.23. The molecule has 1 fully saturated rings. The van der Waals surface area contributed by atoms with Crippen LogP contribution in [-0.4, -0.2) is 19.0 Å². The molecule has 0 radical (unpaired) electrons. The van der Waals surface area contributed by atoms with Crippen LogP contribution < -0.4 is 15.4 Å². The summed E-state index contributed by atoms with van der Waals surface area (Å²) in [4.78, 5) is 12.1. The Morgan fingerprint density at radius 1 is 1.16 bits per heavy atom. The van der Waals surface area contributed by atoms with E-state index in [0.29, 0.717) is 27.2 Å². The summed E-state index contributed by atoms with van der Waals surface area (Å²) in [5.41, 5.74) is 1.54. The summed E-state index contributed by atoms with van der Waals surface area (Å²) in [6.45, 7) is 1.72. The molecule has 19 heavy (non-hydrogen) atoms. The van der Waals surface area contributed by atoms with Crippen molar-refractivity contribution in [2.75, 3.05) is 18.4 Å². The van der Waals surface area contributed by atoms with Crippen molar-refractivity contribution in [1.82, 2.24) is 5.32 Å². The van der Waals surface area contributed by atoms with Crippen LogP contribution in [0.15, 0.2) is 23.5 Å². The Balaban J connectivity index is 2.02. The molecule has 1 saturated heterocycles. The summed E-state index contributed by atoms with van der Waals surface area (Å²) in [7, 11) is 0. The number of carbonyl (C=O) groups is 1. The van der Waals surface area contributed by atoms with E-state index in [1.807, 2.05) is 0 Å². The lowest BCUT2D eigenvalue weighted by atomic mass is 10.0. The molecule has 3 rings (SSSR count). The second-order valence-corrected chi connectivity index (χ2v) is 5.35. The Morgan fingerprint density at radius 2 is 1.89 bits per heavy atom. The molecule has 100 valence electrons. The minimum absolute atomic E-state index is 0.234. The molecule has 6 heteroatoms. The number of carbonyl (C=O) groups excluding carboxylic acids is 1. The number of anilines is 1. The van der Waals surface area contributed by atoms with Gasteiger partial charge in [-0.05, 0) is 43.6 Å². The lowest BCUT2D eigenvalue weighted by molar-refractivity contribution is -0.115. The highest BCUT2D eigenvalue weighted by Gasteiger charge is 2.28. The van der Waals surface area contributed by atoms with Gasteiger partial charge in [0.1, 0.15) is 0 Å². The average Bonchev–Trinajstić information content (AvgIpc) is 2.38. The molecule has 2 heterocycles. The third-order valence-corrected chi connectivity index (χ3v) is 3.69. The third-order valence-electron chi connectivity index (χ3n) is 3.20. The lowest BCUT2D eigenvalue weighted by Gasteiger charge is -2.25. The second kappa shape index (κ2) is 5.04. The summed E-state index contributed by atoms with van der Waals surface area (Å²) >= 11 is 12.0. The maximum atomic E-state index is 12.1. The molecule has 1 amide bonds. The van der Waals surface area contributed by atoms with E-state index >= 15 is 0 Å². The number of fused-ring (bicyclic) bond motifs is 1. The van der Waals surface area contributed by atoms with E-state index < -0.39 is 0 Å². The van der Waals surface area contributed by atoms with Crippen molar-refractivity contribution in [2.45, 2.75) is 12.8 Å². The largest absolute Gasteiger partial charge is 0.448 e. The summed E-state index contributed by atoms with van der Waals surface area (Å²) in [5.74, 6) is 0.604. The highest BCUT2D eigenvalue weighted by Crippen LogP contribution is 2.41. The number of rotatable bonds is 0. The van der Waals surface area contributed by atoms with Crippen LogP contribution in [-0.2, 0) is 4.79 Å². The van der Waals surface area contributed by atoms with Crippen molar-refractivity contribution in [3.8, 4) is 5.75 Å². The van der Waals surface area contributed by atoms with Gasteiger partial charge in [0.15, 0.2) is 11.5 Å². The molecule has 2 aliphatic rings. The molecule has 0 atom stereocenters. The van der Waals surface area contributed by atoms with Gasteiger partial charge in [-0.15, -0.1) is 0 Å². The summed E-state index contributed by atoms with van der Waals surface area (Å²) < 4.78 is 5.72. The Bertz CT molecular complexity index is 576. The molecule has 0 aliphatic carbocycles. The number of amides is 1. The summed E-state index contributed by atoms with van der Waals surface area (Å²) in [5, 5.41) is 6.88. The maximum Gasteiger partial charge on any atom is 0.291 e. The summed E-state index contributed by atoms with van der Waals surface area (Å²) in [6.07, 6.45) is 1.62. The first kappa shape index (κ1) is 12.8. The van der Waals surface area contributed by atoms with Gasteiger partial charge < -0.3 is 15.4 Å². The molecule has 2 N–H and O–H groups in total. The van der Waals surface area contributed by atoms with Crippen LogP contribution in [0.1, 0.15) is 12.8 Å². The van der Waals surface area contributed by atoms with Gasteiger partial charge in [-0.25, -0.2) is 0 Å². The first-order chi connectivity index (χ1) is 9.15. The van der Waals surface area contributed by atoms with Crippen LogP contribution in [0.25, 0.3) is 0 Å². The van der Waals surface area contributed by atoms with Gasteiger partial charge in [-0.2, -0.15) is 0 Å². The highest BCUT2D eigenvalue weighted by molar-refractivity contribution is 6.36. The van der Waals surface area contributed by atoms with Gasteiger partial charge in [0, 0.05) is 5.02 Å². The zero-order valence-electron chi connectivity index (χ0n) is 10.1. The number of benzene rings is 1. The van der Waals surface area contributed by atoms with Gasteiger partial charge in [0.2, 0.25) is 0 Å². The molecule has 2 aliphatic heterocycles. The van der Waals surface area contributed by atoms with Crippen molar-refractivity contribution in [3.05, 3.63) is 33.5 Å².